The first-order valence-corrected chi connectivity index (χ1v) is 13.0. The molecule has 6 heteroatoms. The number of allylic oxidation sites excluding steroid dienone is 3. The molecule has 3 rings (SSSR count). The second-order valence-corrected chi connectivity index (χ2v) is 9.41. The maximum Gasteiger partial charge on any atom is 0.163 e. The number of benzene rings is 2. The Bertz CT molecular complexity index is 1170. The summed E-state index contributed by atoms with van der Waals surface area (Å²) in [5.74, 6) is 0.0918. The van der Waals surface area contributed by atoms with Crippen LogP contribution in [0.25, 0.3) is 6.08 Å². The summed E-state index contributed by atoms with van der Waals surface area (Å²) in [5.41, 5.74) is 11.2. The average Bonchev–Trinajstić information content (AvgIpc) is 2.89. The summed E-state index contributed by atoms with van der Waals surface area (Å²) in [6.45, 7) is 2.08. The standard InChI is InChI=1S/C31H38N2O4/c1-3-4-6-11-27(34)20-28(35)15-14-23-18-30(37-2)29(36)17-25(23)16-26-21-33-31(32)19-24(26)13-12-22-9-7-5-8-10-22/h5,7-10,14-15,17-19,21,31,33,36H,3-4,6,11-13,16,20,32H2,1-2H3. The van der Waals surface area contributed by atoms with Crippen LogP contribution < -0.4 is 15.8 Å². The minimum atomic E-state index is -0.259. The SMILES string of the molecule is CCCCCC(=O)CC(=O)C=Cc1cc(OC)c(O)cc1CC1=CNC(N)C=C1CCc1ccccc1. The number of ketones is 2. The Hall–Kier alpha value is -3.64. The van der Waals surface area contributed by atoms with Crippen LogP contribution in [-0.2, 0) is 22.4 Å². The quantitative estimate of drug-likeness (QED) is 0.182. The van der Waals surface area contributed by atoms with E-state index in [9.17, 15) is 14.7 Å². The van der Waals surface area contributed by atoms with Crippen molar-refractivity contribution in [1.29, 1.82) is 0 Å². The minimum absolute atomic E-state index is 0.0305. The number of carbonyl (C=O) groups excluding carboxylic acids is 2. The number of Topliss-reactive ketones (excluding diaryl/α,β-unsaturated/α-hetero) is 1. The lowest BCUT2D eigenvalue weighted by Crippen LogP contribution is -2.35. The highest BCUT2D eigenvalue weighted by Crippen LogP contribution is 2.33. The molecule has 37 heavy (non-hydrogen) atoms. The van der Waals surface area contributed by atoms with Gasteiger partial charge in [-0.2, -0.15) is 0 Å². The summed E-state index contributed by atoms with van der Waals surface area (Å²) in [6, 6.07) is 13.7. The molecule has 0 amide bonds. The third-order valence-electron chi connectivity index (χ3n) is 6.47. The zero-order valence-electron chi connectivity index (χ0n) is 21.8. The Labute approximate surface area is 219 Å². The summed E-state index contributed by atoms with van der Waals surface area (Å²) in [4.78, 5) is 24.6. The Morgan fingerprint density at radius 2 is 1.89 bits per heavy atom. The molecule has 1 aliphatic heterocycles. The lowest BCUT2D eigenvalue weighted by Gasteiger charge is -2.22. The fraction of sp³-hybridized carbons (Fsp3) is 0.355. The van der Waals surface area contributed by atoms with Crippen LogP contribution in [0.5, 0.6) is 11.5 Å². The molecule has 0 spiro atoms. The van der Waals surface area contributed by atoms with Crippen molar-refractivity contribution in [1.82, 2.24) is 5.32 Å². The lowest BCUT2D eigenvalue weighted by atomic mass is 9.90. The van der Waals surface area contributed by atoms with E-state index in [1.807, 2.05) is 30.5 Å². The molecule has 4 N–H and O–H groups in total. The van der Waals surface area contributed by atoms with Gasteiger partial charge < -0.3 is 20.9 Å². The molecule has 0 saturated carbocycles. The largest absolute Gasteiger partial charge is 0.504 e. The molecule has 196 valence electrons. The highest BCUT2D eigenvalue weighted by atomic mass is 16.5. The van der Waals surface area contributed by atoms with Crippen LogP contribution in [0, 0.1) is 0 Å². The number of hydrogen-bond acceptors (Lipinski definition) is 6. The fourth-order valence-corrected chi connectivity index (χ4v) is 4.39. The molecule has 0 fully saturated rings. The van der Waals surface area contributed by atoms with E-state index in [0.29, 0.717) is 18.6 Å². The van der Waals surface area contributed by atoms with Crippen LogP contribution in [0.3, 0.4) is 0 Å². The van der Waals surface area contributed by atoms with Gasteiger partial charge in [-0.3, -0.25) is 9.59 Å². The number of ether oxygens (including phenoxy) is 1. The van der Waals surface area contributed by atoms with Gasteiger partial charge in [0.15, 0.2) is 17.3 Å². The number of phenols is 1. The lowest BCUT2D eigenvalue weighted by molar-refractivity contribution is -0.124. The van der Waals surface area contributed by atoms with E-state index in [-0.39, 0.29) is 29.9 Å². The van der Waals surface area contributed by atoms with Crippen molar-refractivity contribution >= 4 is 17.6 Å². The number of aryl methyl sites for hydroxylation is 1. The first-order chi connectivity index (χ1) is 17.9. The number of methoxy groups -OCH3 is 1. The van der Waals surface area contributed by atoms with E-state index < -0.39 is 0 Å². The van der Waals surface area contributed by atoms with E-state index >= 15 is 0 Å². The van der Waals surface area contributed by atoms with E-state index in [4.69, 9.17) is 10.5 Å². The topological polar surface area (TPSA) is 102 Å². The fourth-order valence-electron chi connectivity index (χ4n) is 4.39. The van der Waals surface area contributed by atoms with Gasteiger partial charge in [0.05, 0.1) is 19.7 Å². The molecule has 2 aromatic carbocycles. The average molecular weight is 503 g/mol. The number of hydrogen-bond donors (Lipinski definition) is 3. The predicted molar refractivity (Wildman–Crippen MR) is 148 cm³/mol. The Kier molecular flexibility index (Phi) is 10.7. The molecule has 0 saturated heterocycles. The number of nitrogens with two attached hydrogens (primary N) is 1. The van der Waals surface area contributed by atoms with E-state index in [0.717, 1.165) is 54.4 Å². The van der Waals surface area contributed by atoms with Crippen molar-refractivity contribution in [2.45, 2.75) is 64.5 Å². The van der Waals surface area contributed by atoms with E-state index in [1.54, 1.807) is 18.2 Å². The molecule has 1 unspecified atom stereocenters. The smallest absolute Gasteiger partial charge is 0.163 e. The highest BCUT2D eigenvalue weighted by Gasteiger charge is 2.17. The van der Waals surface area contributed by atoms with Gasteiger partial charge in [-0.05, 0) is 77.8 Å². The number of nitrogens with one attached hydrogen (secondary N) is 1. The van der Waals surface area contributed by atoms with Crippen LogP contribution in [0.4, 0.5) is 0 Å². The van der Waals surface area contributed by atoms with Crippen molar-refractivity contribution < 1.29 is 19.4 Å². The highest BCUT2D eigenvalue weighted by molar-refractivity contribution is 6.06. The van der Waals surface area contributed by atoms with Crippen LogP contribution in [0.2, 0.25) is 0 Å². The zero-order chi connectivity index (χ0) is 26.6. The summed E-state index contributed by atoms with van der Waals surface area (Å²) < 4.78 is 5.30. The normalized spacial score (nSPS) is 15.2. The summed E-state index contributed by atoms with van der Waals surface area (Å²) in [5, 5.41) is 13.6. The molecule has 1 atom stereocenters. The summed E-state index contributed by atoms with van der Waals surface area (Å²) in [7, 11) is 1.49. The van der Waals surface area contributed by atoms with Gasteiger partial charge >= 0.3 is 0 Å². The Balaban J connectivity index is 1.77. The van der Waals surface area contributed by atoms with Gasteiger partial charge in [-0.25, -0.2) is 0 Å². The van der Waals surface area contributed by atoms with Gasteiger partial charge in [0.25, 0.3) is 0 Å². The maximum absolute atomic E-state index is 12.5. The molecule has 0 aromatic heterocycles. The second-order valence-electron chi connectivity index (χ2n) is 9.41. The number of unbranched alkanes of at least 4 members (excludes halogenated alkanes) is 2. The summed E-state index contributed by atoms with van der Waals surface area (Å²) >= 11 is 0. The number of rotatable bonds is 14. The molecule has 0 bridgehead atoms. The molecule has 6 nitrogen and oxygen atoms in total. The number of dihydropyridines is 1. The van der Waals surface area contributed by atoms with Crippen LogP contribution in [-0.4, -0.2) is 29.9 Å². The van der Waals surface area contributed by atoms with Crippen molar-refractivity contribution in [2.24, 2.45) is 5.73 Å². The summed E-state index contributed by atoms with van der Waals surface area (Å²) in [6.07, 6.45) is 12.3. The van der Waals surface area contributed by atoms with Crippen molar-refractivity contribution in [3.63, 3.8) is 0 Å². The Morgan fingerprint density at radius 1 is 1.11 bits per heavy atom. The molecule has 1 aliphatic rings. The van der Waals surface area contributed by atoms with E-state index in [1.165, 1.54) is 18.7 Å². The molecule has 0 radical (unpaired) electrons. The van der Waals surface area contributed by atoms with Gasteiger partial charge in [-0.15, -0.1) is 0 Å². The third-order valence-corrected chi connectivity index (χ3v) is 6.47. The minimum Gasteiger partial charge on any atom is -0.504 e. The number of aromatic hydroxyl groups is 1. The van der Waals surface area contributed by atoms with Crippen LogP contribution in [0.1, 0.15) is 62.1 Å². The number of carbonyl (C=O) groups is 2. The molecule has 2 aromatic rings. The first-order valence-electron chi connectivity index (χ1n) is 13.0. The van der Waals surface area contributed by atoms with Crippen molar-refractivity contribution in [3.05, 3.63) is 88.7 Å². The Morgan fingerprint density at radius 3 is 2.62 bits per heavy atom. The maximum atomic E-state index is 12.5. The molecular weight excluding hydrogens is 464 g/mol. The third kappa shape index (κ3) is 8.76. The van der Waals surface area contributed by atoms with E-state index in [2.05, 4.69) is 24.4 Å². The molecule has 1 heterocycles. The number of phenolic OH excluding ortho intramolecular Hbond substituents is 1. The van der Waals surface area contributed by atoms with Gasteiger partial charge in [0.1, 0.15) is 5.78 Å². The van der Waals surface area contributed by atoms with Gasteiger partial charge in [0.2, 0.25) is 0 Å². The van der Waals surface area contributed by atoms with Gasteiger partial charge in [-0.1, -0.05) is 56.2 Å². The molecule has 0 aliphatic carbocycles. The zero-order valence-corrected chi connectivity index (χ0v) is 21.8. The second kappa shape index (κ2) is 14.2. The van der Waals surface area contributed by atoms with Crippen LogP contribution in [0.15, 0.2) is 72.0 Å². The van der Waals surface area contributed by atoms with Gasteiger partial charge in [0, 0.05) is 12.6 Å². The predicted octanol–water partition coefficient (Wildman–Crippen LogP) is 5.40. The van der Waals surface area contributed by atoms with Crippen molar-refractivity contribution in [2.75, 3.05) is 7.11 Å². The first kappa shape index (κ1) is 27.9. The van der Waals surface area contributed by atoms with Crippen molar-refractivity contribution in [3.8, 4) is 11.5 Å². The monoisotopic (exact) mass is 502 g/mol. The molecular formula is C31H38N2O4. The van der Waals surface area contributed by atoms with Crippen LogP contribution >= 0.6 is 0 Å².